The molecule has 0 spiro atoms. The van der Waals surface area contributed by atoms with Gasteiger partial charge in [-0.05, 0) is 47.7 Å². The van der Waals surface area contributed by atoms with Crippen molar-refractivity contribution in [3.63, 3.8) is 0 Å². The third-order valence-corrected chi connectivity index (χ3v) is 5.06. The molecule has 0 saturated carbocycles. The predicted octanol–water partition coefficient (Wildman–Crippen LogP) is 4.78. The Morgan fingerprint density at radius 2 is 2.10 bits per heavy atom. The zero-order chi connectivity index (χ0) is 14.5. The molecule has 0 aliphatic carbocycles. The minimum Gasteiger partial charge on any atom is -0.497 e. The van der Waals surface area contributed by atoms with E-state index in [1.54, 1.807) is 7.11 Å². The Bertz CT molecular complexity index is 567. The van der Waals surface area contributed by atoms with Crippen LogP contribution in [0.4, 0.5) is 0 Å². The van der Waals surface area contributed by atoms with Gasteiger partial charge < -0.3 is 10.1 Å². The fraction of sp³-hybridized carbons (Fsp3) is 0.375. The van der Waals surface area contributed by atoms with E-state index in [0.717, 1.165) is 23.2 Å². The summed E-state index contributed by atoms with van der Waals surface area (Å²) in [5.74, 6) is 0.873. The molecule has 2 nitrogen and oxygen atoms in total. The Morgan fingerprint density at radius 1 is 1.30 bits per heavy atom. The van der Waals surface area contributed by atoms with Crippen molar-refractivity contribution in [1.29, 1.82) is 0 Å². The number of nitrogens with one attached hydrogen (secondary N) is 1. The zero-order valence-corrected chi connectivity index (χ0v) is 14.5. The number of hydrogen-bond acceptors (Lipinski definition) is 3. The van der Waals surface area contributed by atoms with Crippen LogP contribution in [-0.2, 0) is 6.42 Å². The van der Waals surface area contributed by atoms with Crippen molar-refractivity contribution >= 4 is 27.3 Å². The van der Waals surface area contributed by atoms with Gasteiger partial charge in [0.1, 0.15) is 5.75 Å². The summed E-state index contributed by atoms with van der Waals surface area (Å²) in [4.78, 5) is 1.40. The van der Waals surface area contributed by atoms with Gasteiger partial charge in [0.2, 0.25) is 0 Å². The molecule has 0 bridgehead atoms. The SMILES string of the molecule is CCNC(c1ccc(OC)cc1Br)c1sccc1CC. The van der Waals surface area contributed by atoms with Crippen LogP contribution in [-0.4, -0.2) is 13.7 Å². The molecule has 0 radical (unpaired) electrons. The van der Waals surface area contributed by atoms with Gasteiger partial charge in [0.05, 0.1) is 13.2 Å². The maximum absolute atomic E-state index is 5.28. The van der Waals surface area contributed by atoms with Gasteiger partial charge in [-0.25, -0.2) is 0 Å². The van der Waals surface area contributed by atoms with Crippen molar-refractivity contribution < 1.29 is 4.74 Å². The highest BCUT2D eigenvalue weighted by Crippen LogP contribution is 2.35. The fourth-order valence-electron chi connectivity index (χ4n) is 2.31. The molecule has 108 valence electrons. The lowest BCUT2D eigenvalue weighted by atomic mass is 10.0. The molecule has 1 atom stereocenters. The van der Waals surface area contributed by atoms with Crippen molar-refractivity contribution in [2.45, 2.75) is 26.3 Å². The topological polar surface area (TPSA) is 21.3 Å². The molecular weight excluding hydrogens is 334 g/mol. The van der Waals surface area contributed by atoms with Crippen LogP contribution in [0.2, 0.25) is 0 Å². The second-order valence-electron chi connectivity index (χ2n) is 4.54. The van der Waals surface area contributed by atoms with Crippen LogP contribution in [0.5, 0.6) is 5.75 Å². The van der Waals surface area contributed by atoms with Crippen LogP contribution >= 0.6 is 27.3 Å². The van der Waals surface area contributed by atoms with E-state index >= 15 is 0 Å². The minimum absolute atomic E-state index is 0.232. The number of hydrogen-bond donors (Lipinski definition) is 1. The first kappa shape index (κ1) is 15.5. The maximum Gasteiger partial charge on any atom is 0.120 e. The van der Waals surface area contributed by atoms with Gasteiger partial charge in [-0.2, -0.15) is 0 Å². The molecule has 20 heavy (non-hydrogen) atoms. The van der Waals surface area contributed by atoms with Crippen LogP contribution in [0.15, 0.2) is 34.1 Å². The average Bonchev–Trinajstić information content (AvgIpc) is 2.93. The number of methoxy groups -OCH3 is 1. The number of benzene rings is 1. The summed E-state index contributed by atoms with van der Waals surface area (Å²) in [7, 11) is 1.69. The molecular formula is C16H20BrNOS. The third-order valence-electron chi connectivity index (χ3n) is 3.35. The highest BCUT2D eigenvalue weighted by atomic mass is 79.9. The van der Waals surface area contributed by atoms with Crippen molar-refractivity contribution in [3.05, 3.63) is 50.1 Å². The van der Waals surface area contributed by atoms with E-state index < -0.39 is 0 Å². The van der Waals surface area contributed by atoms with Gasteiger partial charge >= 0.3 is 0 Å². The number of thiophene rings is 1. The molecule has 2 aromatic rings. The predicted molar refractivity (Wildman–Crippen MR) is 89.9 cm³/mol. The monoisotopic (exact) mass is 353 g/mol. The summed E-state index contributed by atoms with van der Waals surface area (Å²) >= 11 is 5.50. The molecule has 1 unspecified atom stereocenters. The highest BCUT2D eigenvalue weighted by Gasteiger charge is 2.20. The van der Waals surface area contributed by atoms with E-state index in [1.165, 1.54) is 16.0 Å². The molecule has 0 aliphatic rings. The summed E-state index contributed by atoms with van der Waals surface area (Å²) in [6.45, 7) is 5.28. The van der Waals surface area contributed by atoms with Crippen LogP contribution in [0.1, 0.15) is 35.9 Å². The first-order valence-corrected chi connectivity index (χ1v) is 8.51. The van der Waals surface area contributed by atoms with Gasteiger partial charge in [0.15, 0.2) is 0 Å². The Kier molecular flexibility index (Phi) is 5.64. The molecule has 0 amide bonds. The van der Waals surface area contributed by atoms with Gasteiger partial charge in [0.25, 0.3) is 0 Å². The average molecular weight is 354 g/mol. The van der Waals surface area contributed by atoms with Gasteiger partial charge in [-0.1, -0.05) is 35.8 Å². The Hall–Kier alpha value is -0.840. The van der Waals surface area contributed by atoms with E-state index in [4.69, 9.17) is 4.74 Å². The second kappa shape index (κ2) is 7.25. The van der Waals surface area contributed by atoms with E-state index in [0.29, 0.717) is 0 Å². The lowest BCUT2D eigenvalue weighted by Gasteiger charge is -2.20. The number of rotatable bonds is 6. The molecule has 2 rings (SSSR count). The third kappa shape index (κ3) is 3.25. The van der Waals surface area contributed by atoms with Crippen molar-refractivity contribution in [1.82, 2.24) is 5.32 Å². The highest BCUT2D eigenvalue weighted by molar-refractivity contribution is 9.10. The molecule has 1 aromatic heterocycles. The fourth-order valence-corrected chi connectivity index (χ4v) is 3.99. The van der Waals surface area contributed by atoms with Crippen LogP contribution in [0, 0.1) is 0 Å². The van der Waals surface area contributed by atoms with Gasteiger partial charge in [0, 0.05) is 9.35 Å². The second-order valence-corrected chi connectivity index (χ2v) is 6.34. The quantitative estimate of drug-likeness (QED) is 0.806. The summed E-state index contributed by atoms with van der Waals surface area (Å²) in [6.07, 6.45) is 1.06. The summed E-state index contributed by atoms with van der Waals surface area (Å²) < 4.78 is 6.36. The van der Waals surface area contributed by atoms with E-state index in [9.17, 15) is 0 Å². The van der Waals surface area contributed by atoms with E-state index in [2.05, 4.69) is 52.6 Å². The lowest BCUT2D eigenvalue weighted by molar-refractivity contribution is 0.414. The maximum atomic E-state index is 5.28. The molecule has 1 aromatic carbocycles. The zero-order valence-electron chi connectivity index (χ0n) is 12.1. The minimum atomic E-state index is 0.232. The van der Waals surface area contributed by atoms with Gasteiger partial charge in [-0.3, -0.25) is 0 Å². The lowest BCUT2D eigenvalue weighted by Crippen LogP contribution is -2.22. The largest absolute Gasteiger partial charge is 0.497 e. The number of ether oxygens (including phenoxy) is 1. The van der Waals surface area contributed by atoms with Crippen LogP contribution in [0.3, 0.4) is 0 Å². The Balaban J connectivity index is 2.43. The number of aryl methyl sites for hydroxylation is 1. The Morgan fingerprint density at radius 3 is 2.70 bits per heavy atom. The summed E-state index contributed by atoms with van der Waals surface area (Å²) in [5.41, 5.74) is 2.67. The molecule has 0 fully saturated rings. The van der Waals surface area contributed by atoms with E-state index in [-0.39, 0.29) is 6.04 Å². The molecule has 0 saturated heterocycles. The number of halogens is 1. The van der Waals surface area contributed by atoms with Crippen molar-refractivity contribution in [3.8, 4) is 5.75 Å². The standard InChI is InChI=1S/C16H20BrNOS/c1-4-11-8-9-20-16(11)15(18-5-2)13-7-6-12(19-3)10-14(13)17/h6-10,15,18H,4-5H2,1-3H3. The first-order chi connectivity index (χ1) is 9.71. The van der Waals surface area contributed by atoms with Crippen molar-refractivity contribution in [2.24, 2.45) is 0 Å². The van der Waals surface area contributed by atoms with E-state index in [1.807, 2.05) is 23.5 Å². The van der Waals surface area contributed by atoms with Crippen molar-refractivity contribution in [2.75, 3.05) is 13.7 Å². The van der Waals surface area contributed by atoms with Crippen LogP contribution < -0.4 is 10.1 Å². The molecule has 4 heteroatoms. The molecule has 1 N–H and O–H groups in total. The normalized spacial score (nSPS) is 12.4. The smallest absolute Gasteiger partial charge is 0.120 e. The van der Waals surface area contributed by atoms with Gasteiger partial charge in [-0.15, -0.1) is 11.3 Å². The van der Waals surface area contributed by atoms with Crippen LogP contribution in [0.25, 0.3) is 0 Å². The molecule has 0 aliphatic heterocycles. The Labute approximate surface area is 133 Å². The molecule has 1 heterocycles. The first-order valence-electron chi connectivity index (χ1n) is 6.84. The summed E-state index contributed by atoms with van der Waals surface area (Å²) in [6, 6.07) is 8.63. The summed E-state index contributed by atoms with van der Waals surface area (Å²) in [5, 5.41) is 5.77.